The van der Waals surface area contributed by atoms with Crippen molar-refractivity contribution in [3.8, 4) is 0 Å². The van der Waals surface area contributed by atoms with Crippen molar-refractivity contribution in [1.82, 2.24) is 0 Å². The minimum Gasteiger partial charge on any atom is -0.397 e. The van der Waals surface area contributed by atoms with Crippen LogP contribution in [0.1, 0.15) is 20.3 Å². The van der Waals surface area contributed by atoms with E-state index in [1.807, 2.05) is 50.3 Å². The topological polar surface area (TPSA) is 58.6 Å². The zero-order chi connectivity index (χ0) is 14.5. The van der Waals surface area contributed by atoms with Crippen LogP contribution in [-0.2, 0) is 0 Å². The maximum Gasteiger partial charge on any atom is 0.102 e. The van der Waals surface area contributed by atoms with E-state index in [-0.39, 0.29) is 0 Å². The number of anilines is 1. The highest BCUT2D eigenvalue weighted by atomic mass is 16.3. The van der Waals surface area contributed by atoms with Crippen LogP contribution in [0.5, 0.6) is 0 Å². The molecule has 0 radical (unpaired) electrons. The fraction of sp³-hybridized carbons (Fsp3) is 0.235. The molecule has 0 spiro atoms. The lowest BCUT2D eigenvalue weighted by Gasteiger charge is -2.22. The van der Waals surface area contributed by atoms with Gasteiger partial charge >= 0.3 is 0 Å². The van der Waals surface area contributed by atoms with Gasteiger partial charge in [-0.1, -0.05) is 30.4 Å². The van der Waals surface area contributed by atoms with Gasteiger partial charge < -0.3 is 10.8 Å². The van der Waals surface area contributed by atoms with Crippen LogP contribution in [-0.4, -0.2) is 17.4 Å². The molecule has 20 heavy (non-hydrogen) atoms. The predicted molar refractivity (Wildman–Crippen MR) is 85.2 cm³/mol. The zero-order valence-electron chi connectivity index (χ0n) is 11.9. The van der Waals surface area contributed by atoms with E-state index in [1.165, 1.54) is 5.57 Å². The summed E-state index contributed by atoms with van der Waals surface area (Å²) in [5, 5.41) is 10.3. The van der Waals surface area contributed by atoms with Gasteiger partial charge in [-0.3, -0.25) is 4.99 Å². The lowest BCUT2D eigenvalue weighted by Crippen LogP contribution is -2.19. The largest absolute Gasteiger partial charge is 0.397 e. The van der Waals surface area contributed by atoms with Crippen LogP contribution >= 0.6 is 0 Å². The van der Waals surface area contributed by atoms with Gasteiger partial charge in [0.05, 0.1) is 11.4 Å². The Bertz CT molecular complexity index is 609. The Balaban J connectivity index is 2.32. The summed E-state index contributed by atoms with van der Waals surface area (Å²) >= 11 is 0. The number of benzene rings is 1. The number of nitrogens with zero attached hydrogens (tertiary/aromatic N) is 1. The molecular formula is C17H20N2O. The van der Waals surface area contributed by atoms with Crippen molar-refractivity contribution in [3.63, 3.8) is 0 Å². The van der Waals surface area contributed by atoms with Crippen LogP contribution in [0.15, 0.2) is 64.2 Å². The van der Waals surface area contributed by atoms with E-state index in [0.717, 1.165) is 23.3 Å². The number of nitrogen functional groups attached to an aromatic ring is 1. The number of nitrogens with two attached hydrogens (primary N) is 1. The fourth-order valence-corrected chi connectivity index (χ4v) is 2.19. The minimum atomic E-state index is -0.586. The molecule has 0 saturated carbocycles. The molecule has 1 unspecified atom stereocenters. The molecule has 3 N–H and O–H groups in total. The smallest absolute Gasteiger partial charge is 0.102 e. The van der Waals surface area contributed by atoms with Crippen LogP contribution in [0.25, 0.3) is 0 Å². The summed E-state index contributed by atoms with van der Waals surface area (Å²) in [5.74, 6) is 0. The van der Waals surface area contributed by atoms with E-state index in [1.54, 1.807) is 6.21 Å². The van der Waals surface area contributed by atoms with Crippen molar-refractivity contribution in [2.45, 2.75) is 26.4 Å². The number of para-hydroxylation sites is 2. The van der Waals surface area contributed by atoms with Crippen molar-refractivity contribution in [2.75, 3.05) is 5.73 Å². The molecule has 104 valence electrons. The molecule has 0 amide bonds. The lowest BCUT2D eigenvalue weighted by atomic mass is 9.88. The van der Waals surface area contributed by atoms with Crippen molar-refractivity contribution >= 4 is 17.6 Å². The monoisotopic (exact) mass is 268 g/mol. The molecule has 1 aliphatic rings. The van der Waals surface area contributed by atoms with Crippen molar-refractivity contribution in [2.24, 2.45) is 4.99 Å². The Morgan fingerprint density at radius 1 is 1.25 bits per heavy atom. The van der Waals surface area contributed by atoms with Gasteiger partial charge in [0.2, 0.25) is 0 Å². The first-order chi connectivity index (χ1) is 9.65. The van der Waals surface area contributed by atoms with Gasteiger partial charge in [0.1, 0.15) is 6.10 Å². The summed E-state index contributed by atoms with van der Waals surface area (Å²) in [7, 11) is 0. The SMILES string of the molecule is CC=C1C=C(C=Nc2ccccc2N)C(O)C(=CC)C1. The van der Waals surface area contributed by atoms with E-state index in [0.29, 0.717) is 5.69 Å². The summed E-state index contributed by atoms with van der Waals surface area (Å²) in [4.78, 5) is 4.38. The number of allylic oxidation sites excluding steroid dienone is 4. The summed E-state index contributed by atoms with van der Waals surface area (Å²) in [6.07, 6.45) is 7.91. The molecule has 0 fully saturated rings. The Morgan fingerprint density at radius 2 is 2.00 bits per heavy atom. The molecule has 1 aromatic rings. The van der Waals surface area contributed by atoms with Crippen molar-refractivity contribution in [1.29, 1.82) is 0 Å². The number of aliphatic hydroxyl groups is 1. The third-order valence-electron chi connectivity index (χ3n) is 3.46. The number of aliphatic imine (C=N–C) groups is 1. The van der Waals surface area contributed by atoms with Gasteiger partial charge in [0.25, 0.3) is 0 Å². The third-order valence-corrected chi connectivity index (χ3v) is 3.46. The molecule has 0 aromatic heterocycles. The van der Waals surface area contributed by atoms with Crippen molar-refractivity contribution in [3.05, 3.63) is 59.2 Å². The summed E-state index contributed by atoms with van der Waals surface area (Å²) in [5.41, 5.74) is 10.2. The summed E-state index contributed by atoms with van der Waals surface area (Å²) in [6, 6.07) is 7.43. The predicted octanol–water partition coefficient (Wildman–Crippen LogP) is 3.55. The van der Waals surface area contributed by atoms with E-state index in [2.05, 4.69) is 11.1 Å². The lowest BCUT2D eigenvalue weighted by molar-refractivity contribution is 0.248. The molecule has 0 saturated heterocycles. The van der Waals surface area contributed by atoms with Gasteiger partial charge in [-0.15, -0.1) is 0 Å². The second-order valence-electron chi connectivity index (χ2n) is 4.77. The maximum atomic E-state index is 10.3. The van der Waals surface area contributed by atoms with E-state index < -0.39 is 6.10 Å². The number of hydrogen-bond acceptors (Lipinski definition) is 3. The average molecular weight is 268 g/mol. The standard InChI is InChI=1S/C17H20N2O/c1-3-12-9-13(4-2)17(20)14(10-12)11-19-16-8-6-5-7-15(16)18/h3-8,10-11,17,20H,9,18H2,1-2H3. The Morgan fingerprint density at radius 3 is 2.65 bits per heavy atom. The third kappa shape index (κ3) is 3.06. The van der Waals surface area contributed by atoms with Crippen LogP contribution < -0.4 is 5.73 Å². The van der Waals surface area contributed by atoms with Gasteiger partial charge in [0.15, 0.2) is 0 Å². The zero-order valence-corrected chi connectivity index (χ0v) is 11.9. The van der Waals surface area contributed by atoms with Crippen LogP contribution in [0.3, 0.4) is 0 Å². The highest BCUT2D eigenvalue weighted by molar-refractivity contribution is 5.86. The maximum absolute atomic E-state index is 10.3. The Hall–Kier alpha value is -2.13. The molecule has 3 heteroatoms. The molecule has 1 aromatic carbocycles. The molecule has 0 bridgehead atoms. The highest BCUT2D eigenvalue weighted by Gasteiger charge is 2.20. The van der Waals surface area contributed by atoms with Crippen LogP contribution in [0.2, 0.25) is 0 Å². The number of hydrogen-bond donors (Lipinski definition) is 2. The molecular weight excluding hydrogens is 248 g/mol. The summed E-state index contributed by atoms with van der Waals surface area (Å²) < 4.78 is 0. The first-order valence-electron chi connectivity index (χ1n) is 6.74. The first kappa shape index (κ1) is 14.3. The van der Waals surface area contributed by atoms with Gasteiger partial charge in [-0.05, 0) is 43.5 Å². The highest BCUT2D eigenvalue weighted by Crippen LogP contribution is 2.28. The summed E-state index contributed by atoms with van der Waals surface area (Å²) in [6.45, 7) is 3.95. The molecule has 1 aliphatic carbocycles. The van der Waals surface area contributed by atoms with E-state index in [4.69, 9.17) is 5.73 Å². The van der Waals surface area contributed by atoms with E-state index in [9.17, 15) is 5.11 Å². The fourth-order valence-electron chi connectivity index (χ4n) is 2.19. The second kappa shape index (κ2) is 6.35. The van der Waals surface area contributed by atoms with Gasteiger partial charge in [-0.2, -0.15) is 0 Å². The molecule has 2 rings (SSSR count). The Labute approximate surface area is 119 Å². The minimum absolute atomic E-state index is 0.586. The molecule has 1 atom stereocenters. The van der Waals surface area contributed by atoms with Crippen LogP contribution in [0.4, 0.5) is 11.4 Å². The quantitative estimate of drug-likeness (QED) is 0.489. The molecule has 0 heterocycles. The number of aliphatic hydroxyl groups excluding tert-OH is 1. The number of rotatable bonds is 2. The Kier molecular flexibility index (Phi) is 4.53. The van der Waals surface area contributed by atoms with E-state index >= 15 is 0 Å². The van der Waals surface area contributed by atoms with Gasteiger partial charge in [0, 0.05) is 11.8 Å². The first-order valence-corrected chi connectivity index (χ1v) is 6.74. The van der Waals surface area contributed by atoms with Crippen molar-refractivity contribution < 1.29 is 5.11 Å². The normalized spacial score (nSPS) is 23.6. The molecule has 0 aliphatic heterocycles. The van der Waals surface area contributed by atoms with Crippen LogP contribution in [0, 0.1) is 0 Å². The average Bonchev–Trinajstić information content (AvgIpc) is 2.47. The second-order valence-corrected chi connectivity index (χ2v) is 4.77. The van der Waals surface area contributed by atoms with Gasteiger partial charge in [-0.25, -0.2) is 0 Å². The molecule has 3 nitrogen and oxygen atoms in total.